The van der Waals surface area contributed by atoms with Crippen molar-refractivity contribution in [1.29, 1.82) is 0 Å². The molecule has 1 radical (unpaired) electrons. The second-order valence-electron chi connectivity index (χ2n) is 14.8. The summed E-state index contributed by atoms with van der Waals surface area (Å²) in [4.78, 5) is 23.1. The fraction of sp³-hybridized carbons (Fsp3) is 0.419. The summed E-state index contributed by atoms with van der Waals surface area (Å²) in [5, 5.41) is 13.8. The van der Waals surface area contributed by atoms with Crippen molar-refractivity contribution in [1.82, 2.24) is 9.97 Å². The first-order valence-corrected chi connectivity index (χ1v) is 18.4. The number of aryl methyl sites for hydroxylation is 2. The first kappa shape index (κ1) is 38.6. The molecule has 2 aromatic carbocycles. The Kier molecular flexibility index (Phi) is 12.1. The van der Waals surface area contributed by atoms with E-state index in [0.29, 0.717) is 0 Å². The van der Waals surface area contributed by atoms with Gasteiger partial charge in [0, 0.05) is 81.5 Å². The van der Waals surface area contributed by atoms with Gasteiger partial charge in [0.15, 0.2) is 5.78 Å². The monoisotopic (exact) mass is 852 g/mol. The van der Waals surface area contributed by atoms with Gasteiger partial charge >= 0.3 is 0 Å². The molecule has 0 spiro atoms. The third-order valence-electron chi connectivity index (χ3n) is 10.9. The topological polar surface area (TPSA) is 63.1 Å². The molecule has 0 fully saturated rings. The third-order valence-corrected chi connectivity index (χ3v) is 12.1. The Balaban J connectivity index is 0.000000260. The number of allylic oxidation sites excluding steroid dienone is 2. The zero-order valence-electron chi connectivity index (χ0n) is 30.6. The van der Waals surface area contributed by atoms with Gasteiger partial charge in [-0.1, -0.05) is 97.5 Å². The molecule has 0 unspecified atom stereocenters. The van der Waals surface area contributed by atoms with Crippen LogP contribution in [0.3, 0.4) is 0 Å². The molecule has 0 bridgehead atoms. The SMILES string of the molecule is CC(C)(C)c1cc(-c2nccc3c4c(sc23)CCc2ncccc2-4)[c-]c2ccccc12.CCC(C)(CC)C(=O)/C=C(\O)C(C)(CC)CC.[Ir]. The zero-order valence-corrected chi connectivity index (χ0v) is 33.8. The standard InChI is InChI=1S/C28H23N2S.C15H28O2.Ir/c1-28(2,3)22-16-18(15-17-7-4-5-8-19(17)22)26-27-21(12-14-30-26)25-20-9-6-13-29-23(20)10-11-24(25)31-27;1-7-14(5,8-2)12(16)11-13(17)15(6,9-3)10-4;/h4-9,12-14,16H,10-11H2,1-3H3;11,16H,7-10H2,1-6H3;/q-1;;/b;12-11-;. The van der Waals surface area contributed by atoms with Gasteiger partial charge in [0.1, 0.15) is 5.76 Å². The maximum atomic E-state index is 12.2. The molecule has 3 aromatic heterocycles. The summed E-state index contributed by atoms with van der Waals surface area (Å²) in [6.07, 6.45) is 10.7. The minimum absolute atomic E-state index is 0. The summed E-state index contributed by atoms with van der Waals surface area (Å²) in [7, 11) is 0. The molecule has 0 atom stereocenters. The number of benzene rings is 2. The number of rotatable bonds is 8. The first-order valence-electron chi connectivity index (χ1n) is 17.6. The molecule has 1 N–H and O–H groups in total. The van der Waals surface area contributed by atoms with E-state index in [9.17, 15) is 9.90 Å². The zero-order chi connectivity index (χ0) is 34.9. The molecule has 6 heteroatoms. The Morgan fingerprint density at radius 3 is 2.18 bits per heavy atom. The van der Waals surface area contributed by atoms with Gasteiger partial charge in [-0.25, -0.2) is 0 Å². The average molecular weight is 852 g/mol. The Morgan fingerprint density at radius 1 is 0.857 bits per heavy atom. The molecule has 1 aliphatic carbocycles. The van der Waals surface area contributed by atoms with Crippen LogP contribution < -0.4 is 0 Å². The molecule has 0 saturated carbocycles. The second kappa shape index (κ2) is 15.4. The summed E-state index contributed by atoms with van der Waals surface area (Å²) in [6, 6.07) is 21.0. The predicted molar refractivity (Wildman–Crippen MR) is 204 cm³/mol. The summed E-state index contributed by atoms with van der Waals surface area (Å²) in [5.41, 5.74) is 6.75. The smallest absolute Gasteiger partial charge is 0.164 e. The molecule has 3 heterocycles. The van der Waals surface area contributed by atoms with Crippen LogP contribution in [0.25, 0.3) is 43.2 Å². The van der Waals surface area contributed by atoms with E-state index >= 15 is 0 Å². The van der Waals surface area contributed by atoms with E-state index in [1.807, 2.05) is 71.3 Å². The van der Waals surface area contributed by atoms with Crippen molar-refractivity contribution in [2.45, 2.75) is 106 Å². The second-order valence-corrected chi connectivity index (χ2v) is 15.9. The Hall–Kier alpha value is -3.18. The Labute approximate surface area is 310 Å². The van der Waals surface area contributed by atoms with Crippen LogP contribution in [0.5, 0.6) is 0 Å². The average Bonchev–Trinajstić information content (AvgIpc) is 3.49. The summed E-state index contributed by atoms with van der Waals surface area (Å²) in [6.45, 7) is 18.9. The van der Waals surface area contributed by atoms with Crippen molar-refractivity contribution in [3.8, 4) is 22.4 Å². The van der Waals surface area contributed by atoms with Crippen LogP contribution in [0.2, 0.25) is 0 Å². The minimum Gasteiger partial charge on any atom is -0.512 e. The van der Waals surface area contributed by atoms with E-state index in [2.05, 4.69) is 74.3 Å². The number of pyridine rings is 2. The van der Waals surface area contributed by atoms with Gasteiger partial charge in [0.05, 0.1) is 0 Å². The number of ketones is 1. The maximum absolute atomic E-state index is 12.2. The number of carbonyl (C=O) groups excluding carboxylic acids is 1. The van der Waals surface area contributed by atoms with Crippen molar-refractivity contribution in [3.63, 3.8) is 0 Å². The number of fused-ring (bicyclic) bond motifs is 6. The van der Waals surface area contributed by atoms with Crippen LogP contribution in [-0.4, -0.2) is 20.9 Å². The fourth-order valence-corrected chi connectivity index (χ4v) is 7.81. The van der Waals surface area contributed by atoms with Gasteiger partial charge in [-0.05, 0) is 61.5 Å². The molecule has 0 amide bonds. The molecule has 5 aromatic rings. The van der Waals surface area contributed by atoms with Gasteiger partial charge in [-0.3, -0.25) is 14.8 Å². The van der Waals surface area contributed by atoms with Crippen molar-refractivity contribution in [3.05, 3.63) is 95.0 Å². The Bertz CT molecular complexity index is 1980. The molecular formula is C43H51IrN2O2S-. The number of aliphatic hydroxyl groups excluding tert-OH is 1. The van der Waals surface area contributed by atoms with Crippen LogP contribution in [0.15, 0.2) is 72.8 Å². The number of aliphatic hydroxyl groups is 1. The van der Waals surface area contributed by atoms with Gasteiger partial charge in [-0.15, -0.1) is 40.5 Å². The van der Waals surface area contributed by atoms with Crippen LogP contribution in [0.4, 0.5) is 0 Å². The van der Waals surface area contributed by atoms with E-state index < -0.39 is 0 Å². The molecule has 1 aliphatic rings. The summed E-state index contributed by atoms with van der Waals surface area (Å²) in [5.74, 6) is 0.286. The van der Waals surface area contributed by atoms with E-state index in [4.69, 9.17) is 4.98 Å². The molecule has 0 aliphatic heterocycles. The molecule has 4 nitrogen and oxygen atoms in total. The van der Waals surface area contributed by atoms with Crippen LogP contribution in [0.1, 0.15) is 104 Å². The number of carbonyl (C=O) groups is 1. The number of hydrogen-bond acceptors (Lipinski definition) is 5. The van der Waals surface area contributed by atoms with Gasteiger partial charge in [0.25, 0.3) is 0 Å². The van der Waals surface area contributed by atoms with Gasteiger partial charge in [0.2, 0.25) is 0 Å². The number of hydrogen-bond donors (Lipinski definition) is 1. The van der Waals surface area contributed by atoms with E-state index in [-0.39, 0.29) is 47.9 Å². The normalized spacial score (nSPS) is 13.3. The van der Waals surface area contributed by atoms with Crippen molar-refractivity contribution >= 4 is 38.0 Å². The van der Waals surface area contributed by atoms with E-state index in [0.717, 1.165) is 55.2 Å². The molecule has 49 heavy (non-hydrogen) atoms. The van der Waals surface area contributed by atoms with Gasteiger partial charge in [-0.2, -0.15) is 0 Å². The molecule has 261 valence electrons. The van der Waals surface area contributed by atoms with Crippen molar-refractivity contribution < 1.29 is 30.0 Å². The first-order chi connectivity index (χ1) is 22.8. The number of aromatic nitrogens is 2. The van der Waals surface area contributed by atoms with Crippen LogP contribution >= 0.6 is 11.3 Å². The number of nitrogens with zero attached hydrogens (tertiary/aromatic N) is 2. The van der Waals surface area contributed by atoms with E-state index in [1.54, 1.807) is 0 Å². The maximum Gasteiger partial charge on any atom is 0.164 e. The summed E-state index contributed by atoms with van der Waals surface area (Å²) >= 11 is 1.89. The minimum atomic E-state index is -0.337. The molecule has 6 rings (SSSR count). The number of thiophene rings is 1. The third kappa shape index (κ3) is 7.62. The fourth-order valence-electron chi connectivity index (χ4n) is 6.49. The van der Waals surface area contributed by atoms with Crippen molar-refractivity contribution in [2.75, 3.05) is 0 Å². The quantitative estimate of drug-likeness (QED) is 0.0960. The molecule has 0 saturated heterocycles. The Morgan fingerprint density at radius 2 is 1.53 bits per heavy atom. The van der Waals surface area contributed by atoms with Gasteiger partial charge < -0.3 is 5.11 Å². The van der Waals surface area contributed by atoms with E-state index in [1.165, 1.54) is 48.8 Å². The summed E-state index contributed by atoms with van der Waals surface area (Å²) < 4.78 is 1.26. The molecular weight excluding hydrogens is 801 g/mol. The van der Waals surface area contributed by atoms with Crippen LogP contribution in [0, 0.1) is 16.9 Å². The predicted octanol–water partition coefficient (Wildman–Crippen LogP) is 12.0. The largest absolute Gasteiger partial charge is 0.512 e. The van der Waals surface area contributed by atoms with Crippen LogP contribution in [-0.2, 0) is 43.2 Å². The van der Waals surface area contributed by atoms with Crippen molar-refractivity contribution in [2.24, 2.45) is 10.8 Å².